The topological polar surface area (TPSA) is 29.9 Å². The maximum atomic E-state index is 6.23. The number of hydrogen-bond donors (Lipinski definition) is 1. The number of aromatic nitrogens is 2. The van der Waals surface area contributed by atoms with Crippen molar-refractivity contribution in [1.29, 1.82) is 0 Å². The lowest BCUT2D eigenvalue weighted by atomic mass is 10.3. The van der Waals surface area contributed by atoms with Crippen molar-refractivity contribution in [2.75, 3.05) is 0 Å². The van der Waals surface area contributed by atoms with Gasteiger partial charge in [-0.15, -0.1) is 0 Å². The Hall–Kier alpha value is -0.590. The molecule has 0 atom stereocenters. The Balaban J connectivity index is 1.78. The molecule has 94 valence electrons. The first-order chi connectivity index (χ1) is 8.72. The molecule has 1 aromatic carbocycles. The van der Waals surface area contributed by atoms with Crippen molar-refractivity contribution in [3.63, 3.8) is 0 Å². The Morgan fingerprint density at radius 3 is 2.94 bits per heavy atom. The fourth-order valence-corrected chi connectivity index (χ4v) is 2.74. The van der Waals surface area contributed by atoms with Crippen LogP contribution < -0.4 is 5.32 Å². The third-order valence-corrected chi connectivity index (χ3v) is 3.92. The molecule has 0 saturated heterocycles. The maximum absolute atomic E-state index is 6.23. The van der Waals surface area contributed by atoms with E-state index in [0.717, 1.165) is 26.5 Å². The van der Waals surface area contributed by atoms with Crippen LogP contribution in [0.4, 0.5) is 0 Å². The fraction of sp³-hybridized carbons (Fsp3) is 0.308. The van der Waals surface area contributed by atoms with E-state index < -0.39 is 0 Å². The van der Waals surface area contributed by atoms with Gasteiger partial charge in [-0.25, -0.2) is 4.68 Å². The predicted octanol–water partition coefficient (Wildman–Crippen LogP) is 3.38. The number of halogens is 2. The van der Waals surface area contributed by atoms with Crippen molar-refractivity contribution < 1.29 is 0 Å². The van der Waals surface area contributed by atoms with Gasteiger partial charge < -0.3 is 5.32 Å². The van der Waals surface area contributed by atoms with E-state index in [2.05, 4.69) is 33.0 Å². The van der Waals surface area contributed by atoms with Crippen LogP contribution in [-0.4, -0.2) is 15.8 Å². The summed E-state index contributed by atoms with van der Waals surface area (Å²) in [7, 11) is 0. The summed E-state index contributed by atoms with van der Waals surface area (Å²) < 4.78 is 2.96. The second-order valence-electron chi connectivity index (χ2n) is 4.50. The van der Waals surface area contributed by atoms with Gasteiger partial charge in [-0.1, -0.05) is 11.6 Å². The summed E-state index contributed by atoms with van der Waals surface area (Å²) >= 11 is 8.48. The molecule has 0 amide bonds. The smallest absolute Gasteiger partial charge is 0.0832 e. The van der Waals surface area contributed by atoms with Crippen LogP contribution in [0, 0.1) is 3.57 Å². The molecule has 1 fully saturated rings. The first kappa shape index (κ1) is 12.4. The normalized spacial score (nSPS) is 15.0. The predicted molar refractivity (Wildman–Crippen MR) is 81.2 cm³/mol. The van der Waals surface area contributed by atoms with Gasteiger partial charge in [-0.3, -0.25) is 0 Å². The first-order valence-electron chi connectivity index (χ1n) is 5.96. The number of hydrogen-bond acceptors (Lipinski definition) is 2. The highest BCUT2D eigenvalue weighted by Crippen LogP contribution is 2.23. The molecule has 3 nitrogen and oxygen atoms in total. The lowest BCUT2D eigenvalue weighted by Gasteiger charge is -2.04. The molecule has 1 aliphatic rings. The minimum atomic E-state index is 0.706. The van der Waals surface area contributed by atoms with E-state index in [1.54, 1.807) is 0 Å². The van der Waals surface area contributed by atoms with Crippen molar-refractivity contribution in [2.45, 2.75) is 25.4 Å². The van der Waals surface area contributed by atoms with Crippen LogP contribution in [-0.2, 0) is 6.54 Å². The van der Waals surface area contributed by atoms with Crippen LogP contribution in [0.15, 0.2) is 30.5 Å². The highest BCUT2D eigenvalue weighted by Gasteiger charge is 2.20. The van der Waals surface area contributed by atoms with Crippen molar-refractivity contribution in [1.82, 2.24) is 15.1 Å². The molecule has 0 radical (unpaired) electrons. The number of nitrogens with one attached hydrogen (secondary N) is 1. The lowest BCUT2D eigenvalue weighted by molar-refractivity contribution is 0.665. The summed E-state index contributed by atoms with van der Waals surface area (Å²) in [5.41, 5.74) is 1.98. The Labute approximate surface area is 125 Å². The highest BCUT2D eigenvalue weighted by molar-refractivity contribution is 14.1. The Kier molecular flexibility index (Phi) is 3.59. The van der Waals surface area contributed by atoms with Crippen LogP contribution in [0.1, 0.15) is 18.5 Å². The molecule has 2 aromatic rings. The van der Waals surface area contributed by atoms with Crippen LogP contribution in [0.3, 0.4) is 0 Å². The number of nitrogens with zero attached hydrogens (tertiary/aromatic N) is 2. The average Bonchev–Trinajstić information content (AvgIpc) is 3.05. The second kappa shape index (κ2) is 5.19. The molecule has 1 heterocycles. The molecule has 0 aliphatic heterocycles. The zero-order chi connectivity index (χ0) is 12.5. The molecule has 1 aliphatic carbocycles. The molecule has 5 heteroatoms. The van der Waals surface area contributed by atoms with E-state index >= 15 is 0 Å². The van der Waals surface area contributed by atoms with Gasteiger partial charge in [-0.05, 0) is 59.7 Å². The number of rotatable bonds is 4. The van der Waals surface area contributed by atoms with Crippen molar-refractivity contribution >= 4 is 34.2 Å². The Morgan fingerprint density at radius 1 is 1.39 bits per heavy atom. The Bertz CT molecular complexity index is 563. The summed E-state index contributed by atoms with van der Waals surface area (Å²) in [6, 6.07) is 8.71. The van der Waals surface area contributed by atoms with Crippen molar-refractivity contribution in [3.05, 3.63) is 44.7 Å². The molecule has 0 spiro atoms. The van der Waals surface area contributed by atoms with Gasteiger partial charge in [0.1, 0.15) is 0 Å². The zero-order valence-electron chi connectivity index (χ0n) is 9.74. The van der Waals surface area contributed by atoms with Crippen LogP contribution in [0.2, 0.25) is 5.02 Å². The van der Waals surface area contributed by atoms with Gasteiger partial charge in [0.25, 0.3) is 0 Å². The molecule has 3 rings (SSSR count). The monoisotopic (exact) mass is 373 g/mol. The molecule has 18 heavy (non-hydrogen) atoms. The van der Waals surface area contributed by atoms with E-state index in [4.69, 9.17) is 11.6 Å². The van der Waals surface area contributed by atoms with Gasteiger partial charge in [-0.2, -0.15) is 5.10 Å². The maximum Gasteiger partial charge on any atom is 0.0832 e. The number of benzene rings is 1. The minimum absolute atomic E-state index is 0.706. The largest absolute Gasteiger partial charge is 0.308 e. The summed E-state index contributed by atoms with van der Waals surface area (Å²) in [6.45, 7) is 0.833. The van der Waals surface area contributed by atoms with Gasteiger partial charge in [0.15, 0.2) is 0 Å². The molecule has 1 N–H and O–H groups in total. The van der Waals surface area contributed by atoms with Crippen LogP contribution in [0.25, 0.3) is 5.69 Å². The molecule has 1 aromatic heterocycles. The van der Waals surface area contributed by atoms with E-state index in [9.17, 15) is 0 Å². The molecule has 0 unspecified atom stereocenters. The Morgan fingerprint density at radius 2 is 2.22 bits per heavy atom. The molecular formula is C13H13ClIN3. The van der Waals surface area contributed by atoms with Gasteiger partial charge in [0.05, 0.1) is 16.4 Å². The van der Waals surface area contributed by atoms with Gasteiger partial charge in [0.2, 0.25) is 0 Å². The van der Waals surface area contributed by atoms with E-state index in [1.807, 2.05) is 35.1 Å². The van der Waals surface area contributed by atoms with Gasteiger partial charge >= 0.3 is 0 Å². The van der Waals surface area contributed by atoms with Crippen molar-refractivity contribution in [2.24, 2.45) is 0 Å². The quantitative estimate of drug-likeness (QED) is 0.833. The lowest BCUT2D eigenvalue weighted by Crippen LogP contribution is -2.15. The average molecular weight is 374 g/mol. The van der Waals surface area contributed by atoms with Gasteiger partial charge in [0, 0.05) is 22.4 Å². The molecular weight excluding hydrogens is 361 g/mol. The third kappa shape index (κ3) is 2.87. The van der Waals surface area contributed by atoms with Crippen LogP contribution >= 0.6 is 34.2 Å². The fourth-order valence-electron chi connectivity index (χ4n) is 1.79. The van der Waals surface area contributed by atoms with Crippen molar-refractivity contribution in [3.8, 4) is 5.69 Å². The zero-order valence-corrected chi connectivity index (χ0v) is 12.6. The van der Waals surface area contributed by atoms with E-state index in [-0.39, 0.29) is 0 Å². The van der Waals surface area contributed by atoms with E-state index in [0.29, 0.717) is 6.04 Å². The van der Waals surface area contributed by atoms with E-state index in [1.165, 1.54) is 12.8 Å². The summed E-state index contributed by atoms with van der Waals surface area (Å²) in [5, 5.41) is 8.72. The molecule has 1 saturated carbocycles. The summed E-state index contributed by atoms with van der Waals surface area (Å²) in [6.07, 6.45) is 4.55. The SMILES string of the molecule is Clc1cc(I)ccc1-n1ccc(CNC2CC2)n1. The molecule has 0 bridgehead atoms. The standard InChI is InChI=1S/C13H13ClIN3/c14-12-7-9(15)1-4-13(12)18-6-5-11(17-18)8-16-10-2-3-10/h1,4-7,10,16H,2-3,8H2. The summed E-state index contributed by atoms with van der Waals surface area (Å²) in [4.78, 5) is 0. The highest BCUT2D eigenvalue weighted by atomic mass is 127. The second-order valence-corrected chi connectivity index (χ2v) is 6.16. The van der Waals surface area contributed by atoms with Crippen LogP contribution in [0.5, 0.6) is 0 Å². The minimum Gasteiger partial charge on any atom is -0.308 e. The first-order valence-corrected chi connectivity index (χ1v) is 7.41. The summed E-state index contributed by atoms with van der Waals surface area (Å²) in [5.74, 6) is 0. The third-order valence-electron chi connectivity index (χ3n) is 2.95.